The third-order valence-electron chi connectivity index (χ3n) is 3.47. The average Bonchev–Trinajstić information content (AvgIpc) is 2.97. The maximum absolute atomic E-state index is 12.1. The van der Waals surface area contributed by atoms with Gasteiger partial charge in [-0.25, -0.2) is 0 Å². The van der Waals surface area contributed by atoms with Crippen LogP contribution in [0.1, 0.15) is 28.9 Å². The van der Waals surface area contributed by atoms with Crippen LogP contribution in [-0.4, -0.2) is 30.4 Å². The van der Waals surface area contributed by atoms with Crippen molar-refractivity contribution in [3.63, 3.8) is 0 Å². The fourth-order valence-electron chi connectivity index (χ4n) is 2.53. The largest absolute Gasteiger partial charge is 0.338 e. The van der Waals surface area contributed by atoms with E-state index in [0.29, 0.717) is 18.5 Å². The molecule has 3 nitrogen and oxygen atoms in total. The molecule has 0 radical (unpaired) electrons. The third-order valence-corrected chi connectivity index (χ3v) is 4.33. The Balaban J connectivity index is 2.07. The predicted octanol–water partition coefficient (Wildman–Crippen LogP) is 1.95. The van der Waals surface area contributed by atoms with Crippen LogP contribution in [0.3, 0.4) is 0 Å². The minimum atomic E-state index is 0.139. The van der Waals surface area contributed by atoms with E-state index in [1.54, 1.807) is 0 Å². The van der Waals surface area contributed by atoms with E-state index in [9.17, 15) is 4.79 Å². The molecule has 2 unspecified atom stereocenters. The topological polar surface area (TPSA) is 46.3 Å². The molecular weight excluding hydrogens is 220 g/mol. The first-order valence-electron chi connectivity index (χ1n) is 5.74. The van der Waals surface area contributed by atoms with E-state index in [1.165, 1.54) is 17.8 Å². The third kappa shape index (κ3) is 2.13. The van der Waals surface area contributed by atoms with Gasteiger partial charge in [-0.15, -0.1) is 11.3 Å². The van der Waals surface area contributed by atoms with Crippen LogP contribution in [0, 0.1) is 5.92 Å². The summed E-state index contributed by atoms with van der Waals surface area (Å²) >= 11 is 1.50. The van der Waals surface area contributed by atoms with Crippen molar-refractivity contribution in [1.29, 1.82) is 0 Å². The summed E-state index contributed by atoms with van der Waals surface area (Å²) in [5, 5.41) is 1.94. The molecule has 1 aliphatic carbocycles. The smallest absolute Gasteiger partial charge is 0.263 e. The normalized spacial score (nSPS) is 24.6. The van der Waals surface area contributed by atoms with Gasteiger partial charge in [0.25, 0.3) is 5.91 Å². The van der Waals surface area contributed by atoms with Crippen LogP contribution in [-0.2, 0) is 0 Å². The lowest BCUT2D eigenvalue weighted by Crippen LogP contribution is -2.41. The maximum atomic E-state index is 12.1. The van der Waals surface area contributed by atoms with Crippen LogP contribution in [0.5, 0.6) is 0 Å². The standard InChI is InChI=1S/C12H18N2OS/c1-14(10-5-2-4-9(10)8-13)12(15)11-6-3-7-16-11/h3,6-7,9-10H,2,4-5,8,13H2,1H3. The van der Waals surface area contributed by atoms with Crippen LogP contribution in [0.15, 0.2) is 17.5 Å². The Morgan fingerprint density at radius 2 is 2.44 bits per heavy atom. The lowest BCUT2D eigenvalue weighted by atomic mass is 10.0. The molecule has 1 aliphatic rings. The summed E-state index contributed by atoms with van der Waals surface area (Å²) in [5.41, 5.74) is 5.75. The van der Waals surface area contributed by atoms with Gasteiger partial charge in [-0.2, -0.15) is 0 Å². The second kappa shape index (κ2) is 4.97. The lowest BCUT2D eigenvalue weighted by Gasteiger charge is -2.28. The van der Waals surface area contributed by atoms with E-state index in [-0.39, 0.29) is 5.91 Å². The molecule has 88 valence electrons. The highest BCUT2D eigenvalue weighted by Crippen LogP contribution is 2.29. The summed E-state index contributed by atoms with van der Waals surface area (Å²) in [6, 6.07) is 4.14. The quantitative estimate of drug-likeness (QED) is 0.875. The van der Waals surface area contributed by atoms with Gasteiger partial charge < -0.3 is 10.6 Å². The summed E-state index contributed by atoms with van der Waals surface area (Å²) in [5.74, 6) is 0.620. The van der Waals surface area contributed by atoms with Gasteiger partial charge in [-0.3, -0.25) is 4.79 Å². The van der Waals surface area contributed by atoms with Gasteiger partial charge in [0.1, 0.15) is 0 Å². The zero-order chi connectivity index (χ0) is 11.5. The van der Waals surface area contributed by atoms with Crippen molar-refractivity contribution >= 4 is 17.2 Å². The highest BCUT2D eigenvalue weighted by atomic mass is 32.1. The Morgan fingerprint density at radius 3 is 3.06 bits per heavy atom. The van der Waals surface area contributed by atoms with Crippen molar-refractivity contribution in [2.24, 2.45) is 11.7 Å². The van der Waals surface area contributed by atoms with Crippen LogP contribution < -0.4 is 5.73 Å². The molecule has 0 aliphatic heterocycles. The van der Waals surface area contributed by atoms with Crippen molar-refractivity contribution in [2.45, 2.75) is 25.3 Å². The number of carbonyl (C=O) groups is 1. The van der Waals surface area contributed by atoms with Crippen LogP contribution in [0.4, 0.5) is 0 Å². The van der Waals surface area contributed by atoms with E-state index < -0.39 is 0 Å². The number of hydrogen-bond acceptors (Lipinski definition) is 3. The molecule has 0 spiro atoms. The summed E-state index contributed by atoms with van der Waals surface area (Å²) in [4.78, 5) is 14.9. The molecule has 1 amide bonds. The van der Waals surface area contributed by atoms with E-state index in [2.05, 4.69) is 0 Å². The number of amides is 1. The highest BCUT2D eigenvalue weighted by molar-refractivity contribution is 7.12. The minimum Gasteiger partial charge on any atom is -0.338 e. The van der Waals surface area contributed by atoms with Crippen molar-refractivity contribution < 1.29 is 4.79 Å². The second-order valence-corrected chi connectivity index (χ2v) is 5.34. The van der Waals surface area contributed by atoms with Crippen molar-refractivity contribution in [3.8, 4) is 0 Å². The molecule has 2 N–H and O–H groups in total. The summed E-state index contributed by atoms with van der Waals surface area (Å²) in [6.07, 6.45) is 3.44. The molecule has 2 rings (SSSR count). The summed E-state index contributed by atoms with van der Waals surface area (Å²) in [7, 11) is 1.90. The number of hydrogen-bond donors (Lipinski definition) is 1. The lowest BCUT2D eigenvalue weighted by molar-refractivity contribution is 0.0705. The minimum absolute atomic E-state index is 0.139. The van der Waals surface area contributed by atoms with E-state index in [4.69, 9.17) is 5.73 Å². The molecule has 16 heavy (non-hydrogen) atoms. The number of nitrogens with zero attached hydrogens (tertiary/aromatic N) is 1. The van der Waals surface area contributed by atoms with Gasteiger partial charge in [0, 0.05) is 13.1 Å². The molecule has 1 aromatic rings. The molecule has 0 saturated heterocycles. The van der Waals surface area contributed by atoms with Gasteiger partial charge in [0.2, 0.25) is 0 Å². The Kier molecular flexibility index (Phi) is 3.61. The van der Waals surface area contributed by atoms with Crippen LogP contribution in [0.25, 0.3) is 0 Å². The fraction of sp³-hybridized carbons (Fsp3) is 0.583. The van der Waals surface area contributed by atoms with Gasteiger partial charge in [-0.05, 0) is 36.8 Å². The molecule has 1 saturated carbocycles. The Hall–Kier alpha value is -0.870. The Labute approximate surface area is 100 Å². The molecule has 0 aromatic carbocycles. The predicted molar refractivity (Wildman–Crippen MR) is 66.6 cm³/mol. The molecule has 0 bridgehead atoms. The van der Waals surface area contributed by atoms with Gasteiger partial charge in [0.15, 0.2) is 0 Å². The zero-order valence-corrected chi connectivity index (χ0v) is 10.4. The Morgan fingerprint density at radius 1 is 1.62 bits per heavy atom. The summed E-state index contributed by atoms with van der Waals surface area (Å²) in [6.45, 7) is 0.687. The van der Waals surface area contributed by atoms with Crippen molar-refractivity contribution in [1.82, 2.24) is 4.90 Å². The SMILES string of the molecule is CN(C(=O)c1cccs1)C1CCCC1CN. The average molecular weight is 238 g/mol. The van der Waals surface area contributed by atoms with Crippen LogP contribution >= 0.6 is 11.3 Å². The zero-order valence-electron chi connectivity index (χ0n) is 9.56. The number of nitrogens with two attached hydrogens (primary N) is 1. The first-order valence-corrected chi connectivity index (χ1v) is 6.62. The van der Waals surface area contributed by atoms with Crippen molar-refractivity contribution in [2.75, 3.05) is 13.6 Å². The molecule has 4 heteroatoms. The van der Waals surface area contributed by atoms with Crippen LogP contribution in [0.2, 0.25) is 0 Å². The van der Waals surface area contributed by atoms with E-state index in [1.807, 2.05) is 29.5 Å². The molecule has 1 heterocycles. The van der Waals surface area contributed by atoms with Gasteiger partial charge in [-0.1, -0.05) is 12.5 Å². The van der Waals surface area contributed by atoms with Gasteiger partial charge >= 0.3 is 0 Å². The fourth-order valence-corrected chi connectivity index (χ4v) is 3.23. The monoisotopic (exact) mass is 238 g/mol. The molecule has 1 fully saturated rings. The highest BCUT2D eigenvalue weighted by Gasteiger charge is 2.32. The number of rotatable bonds is 3. The molecule has 1 aromatic heterocycles. The van der Waals surface area contributed by atoms with E-state index in [0.717, 1.165) is 17.7 Å². The van der Waals surface area contributed by atoms with Gasteiger partial charge in [0.05, 0.1) is 4.88 Å². The molecule has 2 atom stereocenters. The number of carbonyl (C=O) groups excluding carboxylic acids is 1. The Bertz CT molecular complexity index is 350. The first-order chi connectivity index (χ1) is 7.74. The van der Waals surface area contributed by atoms with Crippen molar-refractivity contribution in [3.05, 3.63) is 22.4 Å². The first kappa shape index (κ1) is 11.6. The van der Waals surface area contributed by atoms with E-state index >= 15 is 0 Å². The maximum Gasteiger partial charge on any atom is 0.263 e. The second-order valence-electron chi connectivity index (χ2n) is 4.39. The summed E-state index contributed by atoms with van der Waals surface area (Å²) < 4.78 is 0. The number of thiophene rings is 1. The molecular formula is C12H18N2OS.